The van der Waals surface area contributed by atoms with Crippen molar-refractivity contribution in [2.24, 2.45) is 0 Å². The Morgan fingerprint density at radius 3 is 2.53 bits per heavy atom. The van der Waals surface area contributed by atoms with Crippen LogP contribution in [-0.2, 0) is 6.61 Å². The van der Waals surface area contributed by atoms with Gasteiger partial charge in [0.2, 0.25) is 0 Å². The van der Waals surface area contributed by atoms with Crippen LogP contribution < -0.4 is 0 Å². The maximum absolute atomic E-state index is 9.16. The van der Waals surface area contributed by atoms with Crippen LogP contribution in [-0.4, -0.2) is 19.9 Å². The Kier molecular flexibility index (Phi) is 3.75. The second kappa shape index (κ2) is 4.96. The number of hydrogen-bond acceptors (Lipinski definition) is 3. The van der Waals surface area contributed by atoms with E-state index in [2.05, 4.69) is 10.2 Å². The molecule has 0 radical (unpaired) electrons. The van der Waals surface area contributed by atoms with Crippen molar-refractivity contribution in [3.8, 4) is 5.69 Å². The van der Waals surface area contributed by atoms with Gasteiger partial charge in [0.25, 0.3) is 0 Å². The fourth-order valence-corrected chi connectivity index (χ4v) is 2.24. The molecule has 0 spiro atoms. The van der Waals surface area contributed by atoms with Gasteiger partial charge in [-0.2, -0.15) is 5.10 Å². The van der Waals surface area contributed by atoms with E-state index in [1.807, 2.05) is 0 Å². The fourth-order valence-electron chi connectivity index (χ4n) is 1.37. The molecule has 8 heteroatoms. The second-order valence-electron chi connectivity index (χ2n) is 3.16. The lowest BCUT2D eigenvalue weighted by Crippen LogP contribution is -2.02. The molecule has 0 saturated carbocycles. The molecule has 2 aromatic rings. The summed E-state index contributed by atoms with van der Waals surface area (Å²) in [7, 11) is 0. The zero-order valence-corrected chi connectivity index (χ0v) is 11.3. The molecule has 17 heavy (non-hydrogen) atoms. The van der Waals surface area contributed by atoms with Crippen molar-refractivity contribution in [1.82, 2.24) is 14.8 Å². The highest BCUT2D eigenvalue weighted by Crippen LogP contribution is 2.31. The molecular weight excluding hydrogens is 305 g/mol. The number of nitrogens with zero attached hydrogens (tertiary/aromatic N) is 2. The van der Waals surface area contributed by atoms with Crippen LogP contribution in [0.2, 0.25) is 15.1 Å². The zero-order chi connectivity index (χ0) is 12.6. The largest absolute Gasteiger partial charge is 0.388 e. The van der Waals surface area contributed by atoms with Crippen LogP contribution >= 0.6 is 47.0 Å². The van der Waals surface area contributed by atoms with Crippen molar-refractivity contribution >= 4 is 47.0 Å². The Balaban J connectivity index is 2.72. The summed E-state index contributed by atoms with van der Waals surface area (Å²) < 4.78 is 1.81. The summed E-state index contributed by atoms with van der Waals surface area (Å²) in [6.45, 7) is -0.274. The lowest BCUT2D eigenvalue weighted by Gasteiger charge is -2.08. The third kappa shape index (κ3) is 2.34. The van der Waals surface area contributed by atoms with E-state index in [4.69, 9.17) is 52.1 Å². The first-order chi connectivity index (χ1) is 8.04. The minimum atomic E-state index is -0.274. The maximum atomic E-state index is 9.16. The van der Waals surface area contributed by atoms with Crippen LogP contribution in [0.1, 0.15) is 5.82 Å². The van der Waals surface area contributed by atoms with Crippen LogP contribution in [0.25, 0.3) is 5.69 Å². The summed E-state index contributed by atoms with van der Waals surface area (Å²) >= 11 is 22.9. The molecule has 0 aliphatic rings. The number of nitrogens with one attached hydrogen (secondary N) is 1. The van der Waals surface area contributed by atoms with Crippen molar-refractivity contribution < 1.29 is 5.11 Å². The minimum Gasteiger partial charge on any atom is -0.388 e. The number of H-pyrrole nitrogens is 1. The molecule has 0 bridgehead atoms. The quantitative estimate of drug-likeness (QED) is 0.660. The number of hydrogen-bond donors (Lipinski definition) is 2. The summed E-state index contributed by atoms with van der Waals surface area (Å²) in [5.41, 5.74) is 0.517. The summed E-state index contributed by atoms with van der Waals surface area (Å²) in [6, 6.07) is 3.08. The van der Waals surface area contributed by atoms with Gasteiger partial charge in [-0.3, -0.25) is 9.67 Å². The van der Waals surface area contributed by atoms with Crippen LogP contribution in [0.5, 0.6) is 0 Å². The first-order valence-electron chi connectivity index (χ1n) is 4.46. The van der Waals surface area contributed by atoms with Gasteiger partial charge in [0.15, 0.2) is 10.6 Å². The number of aromatic nitrogens is 3. The van der Waals surface area contributed by atoms with Crippen molar-refractivity contribution in [2.75, 3.05) is 0 Å². The van der Waals surface area contributed by atoms with E-state index in [9.17, 15) is 0 Å². The van der Waals surface area contributed by atoms with E-state index in [-0.39, 0.29) is 6.61 Å². The Morgan fingerprint density at radius 1 is 1.24 bits per heavy atom. The van der Waals surface area contributed by atoms with Crippen molar-refractivity contribution in [2.45, 2.75) is 6.61 Å². The van der Waals surface area contributed by atoms with Gasteiger partial charge >= 0.3 is 0 Å². The Labute approximate surface area is 117 Å². The topological polar surface area (TPSA) is 53.8 Å². The number of aliphatic hydroxyl groups excluding tert-OH is 1. The van der Waals surface area contributed by atoms with Gasteiger partial charge in [0.1, 0.15) is 6.61 Å². The van der Waals surface area contributed by atoms with Gasteiger partial charge in [0.05, 0.1) is 20.8 Å². The first kappa shape index (κ1) is 12.9. The molecule has 1 aromatic carbocycles. The molecule has 90 valence electrons. The molecule has 0 fully saturated rings. The van der Waals surface area contributed by atoms with Crippen molar-refractivity contribution in [1.29, 1.82) is 0 Å². The first-order valence-corrected chi connectivity index (χ1v) is 6.01. The molecule has 2 rings (SSSR count). The Morgan fingerprint density at radius 2 is 1.88 bits per heavy atom. The number of rotatable bonds is 2. The second-order valence-corrected chi connectivity index (χ2v) is 4.76. The number of aromatic amines is 1. The molecule has 0 aliphatic heterocycles. The van der Waals surface area contributed by atoms with Gasteiger partial charge in [-0.1, -0.05) is 34.8 Å². The Bertz CT molecular complexity index is 622. The molecule has 0 atom stereocenters. The van der Waals surface area contributed by atoms with Crippen LogP contribution in [0.4, 0.5) is 0 Å². The summed E-state index contributed by atoms with van der Waals surface area (Å²) in [5, 5.41) is 16.7. The number of benzene rings is 1. The summed E-state index contributed by atoms with van der Waals surface area (Å²) in [5.74, 6) is 0.343. The monoisotopic (exact) mass is 309 g/mol. The van der Waals surface area contributed by atoms with Gasteiger partial charge in [-0.25, -0.2) is 0 Å². The smallest absolute Gasteiger partial charge is 0.199 e. The lowest BCUT2D eigenvalue weighted by molar-refractivity contribution is 0.269. The molecule has 2 N–H and O–H groups in total. The molecule has 0 aliphatic carbocycles. The highest BCUT2D eigenvalue weighted by Gasteiger charge is 2.13. The average Bonchev–Trinajstić information content (AvgIpc) is 2.65. The molecule has 1 heterocycles. The van der Waals surface area contributed by atoms with Gasteiger partial charge in [-0.15, -0.1) is 0 Å². The van der Waals surface area contributed by atoms with E-state index in [1.54, 1.807) is 6.07 Å². The standard InChI is InChI=1S/C9H6Cl3N3OS/c10-4-1-6(12)7(2-5(4)11)15-8(3-16)13-14-9(15)17/h1-2,16H,3H2,(H,14,17). The van der Waals surface area contributed by atoms with E-state index < -0.39 is 0 Å². The third-order valence-electron chi connectivity index (χ3n) is 2.11. The summed E-state index contributed by atoms with van der Waals surface area (Å²) in [4.78, 5) is 0. The molecule has 1 aromatic heterocycles. The molecular formula is C9H6Cl3N3OS. The highest BCUT2D eigenvalue weighted by atomic mass is 35.5. The fraction of sp³-hybridized carbons (Fsp3) is 0.111. The van der Waals surface area contributed by atoms with E-state index in [0.717, 1.165) is 0 Å². The average molecular weight is 311 g/mol. The van der Waals surface area contributed by atoms with Crippen molar-refractivity contribution in [3.05, 3.63) is 37.8 Å². The SMILES string of the molecule is OCc1n[nH]c(=S)n1-c1cc(Cl)c(Cl)cc1Cl. The predicted octanol–water partition coefficient (Wildman–Crippen LogP) is 3.38. The van der Waals surface area contributed by atoms with E-state index in [1.165, 1.54) is 10.6 Å². The molecule has 0 amide bonds. The molecule has 0 unspecified atom stereocenters. The van der Waals surface area contributed by atoms with Crippen LogP contribution in [0, 0.1) is 4.77 Å². The number of aliphatic hydroxyl groups is 1. The Hall–Kier alpha value is -0.590. The lowest BCUT2D eigenvalue weighted by atomic mass is 10.3. The predicted molar refractivity (Wildman–Crippen MR) is 69.7 cm³/mol. The minimum absolute atomic E-state index is 0.274. The van der Waals surface area contributed by atoms with E-state index in [0.29, 0.717) is 31.4 Å². The summed E-state index contributed by atoms with van der Waals surface area (Å²) in [6.07, 6.45) is 0. The maximum Gasteiger partial charge on any atom is 0.199 e. The normalized spacial score (nSPS) is 10.8. The molecule has 0 saturated heterocycles. The van der Waals surface area contributed by atoms with Crippen molar-refractivity contribution in [3.63, 3.8) is 0 Å². The zero-order valence-electron chi connectivity index (χ0n) is 8.25. The van der Waals surface area contributed by atoms with Crippen LogP contribution in [0.15, 0.2) is 12.1 Å². The molecule has 4 nitrogen and oxygen atoms in total. The third-order valence-corrected chi connectivity index (χ3v) is 3.41. The number of halogens is 3. The van der Waals surface area contributed by atoms with Crippen LogP contribution in [0.3, 0.4) is 0 Å². The van der Waals surface area contributed by atoms with Gasteiger partial charge in [0, 0.05) is 0 Å². The van der Waals surface area contributed by atoms with Gasteiger partial charge < -0.3 is 5.11 Å². The highest BCUT2D eigenvalue weighted by molar-refractivity contribution is 7.71. The van der Waals surface area contributed by atoms with E-state index >= 15 is 0 Å². The van der Waals surface area contributed by atoms with Gasteiger partial charge in [-0.05, 0) is 24.4 Å².